The molecule has 184 valence electrons. The van der Waals surface area contributed by atoms with E-state index < -0.39 is 47.8 Å². The molecule has 2 aromatic heterocycles. The van der Waals surface area contributed by atoms with Crippen LogP contribution < -0.4 is 10.5 Å². The molecule has 0 aliphatic carbocycles. The quantitative estimate of drug-likeness (QED) is 0.567. The van der Waals surface area contributed by atoms with Gasteiger partial charge in [-0.3, -0.25) is 23.9 Å². The third-order valence-electron chi connectivity index (χ3n) is 4.58. The van der Waals surface area contributed by atoms with E-state index in [-0.39, 0.29) is 29.2 Å². The summed E-state index contributed by atoms with van der Waals surface area (Å²) in [5, 5.41) is 4.23. The average Bonchev–Trinajstić information content (AvgIpc) is 3.21. The fourth-order valence-electron chi connectivity index (χ4n) is 3.20. The zero-order chi connectivity index (χ0) is 25.2. The topological polar surface area (TPSA) is 122 Å². The van der Waals surface area contributed by atoms with Gasteiger partial charge in [0, 0.05) is 31.5 Å². The number of ether oxygens (including phenoxy) is 3. The SMILES string of the molecule is CC(=O)O[C@@H](C(=O)OC(C)(C)C)[C@H]1OCCN(c2ccn(-c3ccc(=O)n(C(F)F)c3)n2)C1=O. The van der Waals surface area contributed by atoms with Crippen LogP contribution in [0.4, 0.5) is 14.6 Å². The lowest BCUT2D eigenvalue weighted by atomic mass is 10.1. The van der Waals surface area contributed by atoms with Crippen molar-refractivity contribution in [3.63, 3.8) is 0 Å². The van der Waals surface area contributed by atoms with Crippen molar-refractivity contribution in [2.24, 2.45) is 0 Å². The van der Waals surface area contributed by atoms with Crippen LogP contribution in [-0.2, 0) is 28.6 Å². The highest BCUT2D eigenvalue weighted by atomic mass is 19.3. The first kappa shape index (κ1) is 25.0. The molecule has 0 radical (unpaired) electrons. The summed E-state index contributed by atoms with van der Waals surface area (Å²) in [6, 6.07) is 3.73. The number of alkyl halides is 2. The molecular weight excluding hydrogens is 458 g/mol. The molecule has 1 aliphatic rings. The highest BCUT2D eigenvalue weighted by Gasteiger charge is 2.44. The van der Waals surface area contributed by atoms with Crippen molar-refractivity contribution in [1.29, 1.82) is 0 Å². The van der Waals surface area contributed by atoms with Crippen molar-refractivity contribution in [2.75, 3.05) is 18.1 Å². The second-order valence-corrected chi connectivity index (χ2v) is 8.37. The Morgan fingerprint density at radius 3 is 2.53 bits per heavy atom. The summed E-state index contributed by atoms with van der Waals surface area (Å²) in [4.78, 5) is 50.2. The second kappa shape index (κ2) is 9.71. The van der Waals surface area contributed by atoms with Crippen LogP contribution in [0.1, 0.15) is 34.2 Å². The molecule has 3 heterocycles. The Morgan fingerprint density at radius 1 is 1.21 bits per heavy atom. The number of hydrogen-bond acceptors (Lipinski definition) is 8. The van der Waals surface area contributed by atoms with Crippen LogP contribution >= 0.6 is 0 Å². The van der Waals surface area contributed by atoms with Gasteiger partial charge in [-0.2, -0.15) is 8.78 Å². The molecule has 1 fully saturated rings. The largest absolute Gasteiger partial charge is 0.457 e. The van der Waals surface area contributed by atoms with Gasteiger partial charge in [-0.1, -0.05) is 0 Å². The smallest absolute Gasteiger partial charge is 0.351 e. The Kier molecular flexibility index (Phi) is 7.15. The Morgan fingerprint density at radius 2 is 1.91 bits per heavy atom. The first-order chi connectivity index (χ1) is 15.9. The van der Waals surface area contributed by atoms with Crippen molar-refractivity contribution in [3.8, 4) is 5.69 Å². The molecule has 0 spiro atoms. The van der Waals surface area contributed by atoms with Crippen molar-refractivity contribution in [1.82, 2.24) is 14.3 Å². The molecule has 0 bridgehead atoms. The monoisotopic (exact) mass is 482 g/mol. The van der Waals surface area contributed by atoms with E-state index >= 15 is 0 Å². The minimum Gasteiger partial charge on any atom is -0.457 e. The highest BCUT2D eigenvalue weighted by molar-refractivity contribution is 6.00. The number of nitrogens with zero attached hydrogens (tertiary/aromatic N) is 4. The minimum atomic E-state index is -3.03. The van der Waals surface area contributed by atoms with E-state index in [2.05, 4.69) is 5.10 Å². The number of pyridine rings is 1. The number of anilines is 1. The first-order valence-corrected chi connectivity index (χ1v) is 10.3. The van der Waals surface area contributed by atoms with Gasteiger partial charge in [0.1, 0.15) is 5.60 Å². The highest BCUT2D eigenvalue weighted by Crippen LogP contribution is 2.23. The summed E-state index contributed by atoms with van der Waals surface area (Å²) >= 11 is 0. The van der Waals surface area contributed by atoms with Gasteiger partial charge < -0.3 is 14.2 Å². The van der Waals surface area contributed by atoms with Crippen molar-refractivity contribution >= 4 is 23.7 Å². The molecular formula is C21H24F2N4O7. The first-order valence-electron chi connectivity index (χ1n) is 10.3. The number of carbonyl (C=O) groups excluding carboxylic acids is 3. The molecule has 34 heavy (non-hydrogen) atoms. The molecule has 2 atom stereocenters. The lowest BCUT2D eigenvalue weighted by Gasteiger charge is -2.34. The fraction of sp³-hybridized carbons (Fsp3) is 0.476. The second-order valence-electron chi connectivity index (χ2n) is 8.37. The fourth-order valence-corrected chi connectivity index (χ4v) is 3.20. The van der Waals surface area contributed by atoms with E-state index in [1.807, 2.05) is 0 Å². The maximum Gasteiger partial charge on any atom is 0.351 e. The Balaban J connectivity index is 1.87. The van der Waals surface area contributed by atoms with Crippen molar-refractivity contribution < 1.29 is 37.4 Å². The van der Waals surface area contributed by atoms with Gasteiger partial charge in [-0.25, -0.2) is 9.48 Å². The van der Waals surface area contributed by atoms with Gasteiger partial charge >= 0.3 is 18.5 Å². The summed E-state index contributed by atoms with van der Waals surface area (Å²) < 4.78 is 43.3. The van der Waals surface area contributed by atoms with Gasteiger partial charge in [0.05, 0.1) is 18.8 Å². The van der Waals surface area contributed by atoms with E-state index in [0.29, 0.717) is 0 Å². The van der Waals surface area contributed by atoms with Crippen molar-refractivity contribution in [2.45, 2.75) is 52.1 Å². The summed E-state index contributed by atoms with van der Waals surface area (Å²) in [5.41, 5.74) is -1.62. The molecule has 13 heteroatoms. The van der Waals surface area contributed by atoms with E-state index in [1.54, 1.807) is 20.8 Å². The lowest BCUT2D eigenvalue weighted by Crippen LogP contribution is -2.56. The number of halogens is 2. The molecule has 2 aromatic rings. The van der Waals surface area contributed by atoms with Crippen LogP contribution in [0.25, 0.3) is 5.69 Å². The Hall–Kier alpha value is -3.61. The molecule has 0 aromatic carbocycles. The molecule has 1 aliphatic heterocycles. The zero-order valence-electron chi connectivity index (χ0n) is 18.9. The summed E-state index contributed by atoms with van der Waals surface area (Å²) in [6.45, 7) is 2.99. The summed E-state index contributed by atoms with van der Waals surface area (Å²) in [6.07, 6.45) is -0.755. The van der Waals surface area contributed by atoms with E-state index in [1.165, 1.54) is 27.9 Å². The van der Waals surface area contributed by atoms with Crippen LogP contribution in [0, 0.1) is 0 Å². The number of rotatable bonds is 6. The van der Waals surface area contributed by atoms with Crippen LogP contribution in [0.15, 0.2) is 35.4 Å². The predicted octanol–water partition coefficient (Wildman–Crippen LogP) is 1.43. The van der Waals surface area contributed by atoms with E-state index in [0.717, 1.165) is 19.2 Å². The predicted molar refractivity (Wildman–Crippen MR) is 113 cm³/mol. The molecule has 3 rings (SSSR count). The molecule has 0 N–H and O–H groups in total. The Bertz CT molecular complexity index is 1140. The number of carbonyl (C=O) groups is 3. The maximum atomic E-state index is 13.2. The third kappa shape index (κ3) is 5.65. The number of esters is 2. The molecule has 1 saturated heterocycles. The van der Waals surface area contributed by atoms with Gasteiger partial charge in [0.15, 0.2) is 11.9 Å². The Labute approximate surface area is 192 Å². The number of hydrogen-bond donors (Lipinski definition) is 0. The van der Waals surface area contributed by atoms with E-state index in [9.17, 15) is 28.0 Å². The lowest BCUT2D eigenvalue weighted by molar-refractivity contribution is -0.188. The summed E-state index contributed by atoms with van der Waals surface area (Å²) in [5.74, 6) is -2.31. The van der Waals surface area contributed by atoms with Crippen LogP contribution in [0.5, 0.6) is 0 Å². The molecule has 11 nitrogen and oxygen atoms in total. The molecule has 1 amide bonds. The van der Waals surface area contributed by atoms with Gasteiger partial charge in [-0.05, 0) is 26.8 Å². The van der Waals surface area contributed by atoms with E-state index in [4.69, 9.17) is 14.2 Å². The molecule has 0 saturated carbocycles. The normalized spacial score (nSPS) is 17.6. The molecule has 0 unspecified atom stereocenters. The standard InChI is InChI=1S/C21H24F2N4O7/c1-12(28)33-17(19(31)34-21(2,3)4)16-18(30)25(9-10-32-16)14-7-8-27(24-14)13-5-6-15(29)26(11-13)20(22)23/h5-8,11,16-17,20H,9-10H2,1-4H3/t16-,17-/m1/s1. The number of morpholine rings is 1. The minimum absolute atomic E-state index is 0.0000898. The maximum absolute atomic E-state index is 13.2. The zero-order valence-corrected chi connectivity index (χ0v) is 18.9. The van der Waals surface area contributed by atoms with Gasteiger partial charge in [-0.15, -0.1) is 5.10 Å². The third-order valence-corrected chi connectivity index (χ3v) is 4.58. The van der Waals surface area contributed by atoms with Crippen LogP contribution in [-0.4, -0.2) is 63.2 Å². The van der Waals surface area contributed by atoms with Gasteiger partial charge in [0.25, 0.3) is 11.5 Å². The summed E-state index contributed by atoms with van der Waals surface area (Å²) in [7, 11) is 0. The van der Waals surface area contributed by atoms with Gasteiger partial charge in [0.2, 0.25) is 6.10 Å². The van der Waals surface area contributed by atoms with Crippen LogP contribution in [0.2, 0.25) is 0 Å². The average molecular weight is 482 g/mol. The van der Waals surface area contributed by atoms with Crippen molar-refractivity contribution in [3.05, 3.63) is 40.9 Å². The van der Waals surface area contributed by atoms with Crippen LogP contribution in [0.3, 0.4) is 0 Å². The number of aromatic nitrogens is 3. The number of amides is 1.